The summed E-state index contributed by atoms with van der Waals surface area (Å²) in [6, 6.07) is 4.97. The standard InChI is InChI=1S/C12H13BrClNO3/c1-6(7(2)12(17)18)11(16)15-8-3-4-10(14)9(13)5-8/h3-7H,1-2H3,(H,15,16)(H,17,18). The number of amides is 1. The van der Waals surface area contributed by atoms with Gasteiger partial charge in [-0.1, -0.05) is 25.4 Å². The van der Waals surface area contributed by atoms with Crippen molar-refractivity contribution in [1.29, 1.82) is 0 Å². The number of rotatable bonds is 4. The highest BCUT2D eigenvalue weighted by atomic mass is 79.9. The van der Waals surface area contributed by atoms with E-state index in [-0.39, 0.29) is 5.91 Å². The maximum absolute atomic E-state index is 11.8. The Labute approximate surface area is 118 Å². The van der Waals surface area contributed by atoms with E-state index >= 15 is 0 Å². The van der Waals surface area contributed by atoms with Crippen LogP contribution in [0.4, 0.5) is 5.69 Å². The van der Waals surface area contributed by atoms with Crippen molar-refractivity contribution in [3.8, 4) is 0 Å². The van der Waals surface area contributed by atoms with Gasteiger partial charge >= 0.3 is 5.97 Å². The Balaban J connectivity index is 2.75. The van der Waals surface area contributed by atoms with Crippen molar-refractivity contribution in [2.45, 2.75) is 13.8 Å². The fraction of sp³-hybridized carbons (Fsp3) is 0.333. The fourth-order valence-corrected chi connectivity index (χ4v) is 1.77. The summed E-state index contributed by atoms with van der Waals surface area (Å²) < 4.78 is 0.668. The van der Waals surface area contributed by atoms with Crippen molar-refractivity contribution in [1.82, 2.24) is 0 Å². The molecule has 0 aliphatic carbocycles. The second kappa shape index (κ2) is 6.20. The largest absolute Gasteiger partial charge is 0.481 e. The van der Waals surface area contributed by atoms with Crippen LogP contribution in [-0.2, 0) is 9.59 Å². The monoisotopic (exact) mass is 333 g/mol. The van der Waals surface area contributed by atoms with Crippen molar-refractivity contribution in [2.75, 3.05) is 5.32 Å². The van der Waals surface area contributed by atoms with Gasteiger partial charge in [-0.3, -0.25) is 9.59 Å². The smallest absolute Gasteiger partial charge is 0.307 e. The molecule has 2 N–H and O–H groups in total. The van der Waals surface area contributed by atoms with Crippen LogP contribution >= 0.6 is 27.5 Å². The zero-order valence-corrected chi connectivity index (χ0v) is 12.2. The van der Waals surface area contributed by atoms with Crippen molar-refractivity contribution in [3.05, 3.63) is 27.7 Å². The Morgan fingerprint density at radius 1 is 1.33 bits per heavy atom. The maximum atomic E-state index is 11.8. The van der Waals surface area contributed by atoms with E-state index in [0.29, 0.717) is 15.2 Å². The van der Waals surface area contributed by atoms with E-state index in [4.69, 9.17) is 16.7 Å². The summed E-state index contributed by atoms with van der Waals surface area (Å²) in [4.78, 5) is 22.6. The first-order chi connectivity index (χ1) is 8.32. The van der Waals surface area contributed by atoms with E-state index in [0.717, 1.165) is 0 Å². The van der Waals surface area contributed by atoms with Gasteiger partial charge in [-0.15, -0.1) is 0 Å². The van der Waals surface area contributed by atoms with Gasteiger partial charge in [0.05, 0.1) is 10.9 Å². The summed E-state index contributed by atoms with van der Waals surface area (Å²) >= 11 is 9.08. The minimum Gasteiger partial charge on any atom is -0.481 e. The molecule has 0 heterocycles. The molecule has 0 aromatic heterocycles. The van der Waals surface area contributed by atoms with Gasteiger partial charge in [-0.05, 0) is 34.1 Å². The minimum absolute atomic E-state index is 0.334. The summed E-state index contributed by atoms with van der Waals surface area (Å²) in [5.74, 6) is -2.67. The number of benzene rings is 1. The Bertz CT molecular complexity index is 478. The predicted molar refractivity (Wildman–Crippen MR) is 73.7 cm³/mol. The van der Waals surface area contributed by atoms with Crippen LogP contribution < -0.4 is 5.32 Å². The van der Waals surface area contributed by atoms with E-state index in [1.807, 2.05) is 0 Å². The molecular formula is C12H13BrClNO3. The van der Waals surface area contributed by atoms with E-state index < -0.39 is 17.8 Å². The Morgan fingerprint density at radius 3 is 2.44 bits per heavy atom. The minimum atomic E-state index is -0.991. The van der Waals surface area contributed by atoms with Gasteiger partial charge in [0.1, 0.15) is 0 Å². The van der Waals surface area contributed by atoms with Gasteiger partial charge in [0.2, 0.25) is 5.91 Å². The molecule has 0 fully saturated rings. The number of halogens is 2. The lowest BCUT2D eigenvalue weighted by Crippen LogP contribution is -2.29. The van der Waals surface area contributed by atoms with Crippen molar-refractivity contribution < 1.29 is 14.7 Å². The predicted octanol–water partition coefficient (Wildman–Crippen LogP) is 3.40. The van der Waals surface area contributed by atoms with Gasteiger partial charge in [0.15, 0.2) is 0 Å². The molecule has 0 saturated heterocycles. The van der Waals surface area contributed by atoms with Crippen LogP contribution in [0, 0.1) is 11.8 Å². The van der Waals surface area contributed by atoms with Crippen LogP contribution in [0.25, 0.3) is 0 Å². The molecule has 0 aliphatic rings. The summed E-state index contributed by atoms with van der Waals surface area (Å²) in [5.41, 5.74) is 0.570. The quantitative estimate of drug-likeness (QED) is 0.887. The fourth-order valence-electron chi connectivity index (χ4n) is 1.27. The maximum Gasteiger partial charge on any atom is 0.307 e. The average Bonchev–Trinajstić information content (AvgIpc) is 2.31. The molecule has 1 rings (SSSR count). The van der Waals surface area contributed by atoms with E-state index in [2.05, 4.69) is 21.2 Å². The summed E-state index contributed by atoms with van der Waals surface area (Å²) in [6.45, 7) is 3.09. The normalized spacial score (nSPS) is 13.8. The molecular weight excluding hydrogens is 321 g/mol. The number of carboxylic acid groups (broad SMARTS) is 1. The van der Waals surface area contributed by atoms with E-state index in [9.17, 15) is 9.59 Å². The zero-order chi connectivity index (χ0) is 13.9. The molecule has 1 amide bonds. The Kier molecular flexibility index (Phi) is 5.16. The molecule has 0 saturated carbocycles. The number of nitrogens with one attached hydrogen (secondary N) is 1. The first-order valence-corrected chi connectivity index (χ1v) is 6.48. The lowest BCUT2D eigenvalue weighted by molar-refractivity contribution is -0.145. The van der Waals surface area contributed by atoms with E-state index in [1.54, 1.807) is 25.1 Å². The van der Waals surface area contributed by atoms with Crippen LogP contribution in [0.5, 0.6) is 0 Å². The molecule has 4 nitrogen and oxygen atoms in total. The lowest BCUT2D eigenvalue weighted by atomic mass is 9.95. The molecule has 0 radical (unpaired) electrons. The van der Waals surface area contributed by atoms with Crippen molar-refractivity contribution in [2.24, 2.45) is 11.8 Å². The lowest BCUT2D eigenvalue weighted by Gasteiger charge is -2.16. The SMILES string of the molecule is CC(C(=O)O)C(C)C(=O)Nc1ccc(Cl)c(Br)c1. The van der Waals surface area contributed by atoms with Crippen molar-refractivity contribution >= 4 is 45.1 Å². The van der Waals surface area contributed by atoms with Crippen LogP contribution in [0.15, 0.2) is 22.7 Å². The summed E-state index contributed by atoms with van der Waals surface area (Å²) in [6.07, 6.45) is 0. The van der Waals surface area contributed by atoms with Gasteiger partial charge in [-0.2, -0.15) is 0 Å². The highest BCUT2D eigenvalue weighted by molar-refractivity contribution is 9.10. The molecule has 18 heavy (non-hydrogen) atoms. The highest BCUT2D eigenvalue weighted by Gasteiger charge is 2.25. The molecule has 6 heteroatoms. The van der Waals surface area contributed by atoms with Gasteiger partial charge in [0, 0.05) is 16.1 Å². The number of hydrogen-bond acceptors (Lipinski definition) is 2. The van der Waals surface area contributed by atoms with Crippen molar-refractivity contribution in [3.63, 3.8) is 0 Å². The molecule has 0 spiro atoms. The van der Waals surface area contributed by atoms with Crippen LogP contribution in [-0.4, -0.2) is 17.0 Å². The molecule has 2 unspecified atom stereocenters. The molecule has 1 aromatic rings. The Hall–Kier alpha value is -1.07. The first kappa shape index (κ1) is 15.0. The molecule has 2 atom stereocenters. The third-order valence-corrected chi connectivity index (χ3v) is 3.95. The van der Waals surface area contributed by atoms with Crippen LogP contribution in [0.3, 0.4) is 0 Å². The van der Waals surface area contributed by atoms with Crippen LogP contribution in [0.1, 0.15) is 13.8 Å². The first-order valence-electron chi connectivity index (χ1n) is 5.31. The second-order valence-electron chi connectivity index (χ2n) is 4.03. The number of carboxylic acids is 1. The number of carbonyl (C=O) groups excluding carboxylic acids is 1. The number of hydrogen-bond donors (Lipinski definition) is 2. The number of carbonyl (C=O) groups is 2. The Morgan fingerprint density at radius 2 is 1.94 bits per heavy atom. The second-order valence-corrected chi connectivity index (χ2v) is 5.30. The zero-order valence-electron chi connectivity index (χ0n) is 9.91. The molecule has 0 aliphatic heterocycles. The topological polar surface area (TPSA) is 66.4 Å². The van der Waals surface area contributed by atoms with Crippen LogP contribution in [0.2, 0.25) is 5.02 Å². The third kappa shape index (κ3) is 3.71. The highest BCUT2D eigenvalue weighted by Crippen LogP contribution is 2.26. The van der Waals surface area contributed by atoms with Gasteiger partial charge in [0.25, 0.3) is 0 Å². The number of aliphatic carboxylic acids is 1. The van der Waals surface area contributed by atoms with Gasteiger partial charge in [-0.25, -0.2) is 0 Å². The molecule has 0 bridgehead atoms. The summed E-state index contributed by atoms with van der Waals surface area (Å²) in [7, 11) is 0. The van der Waals surface area contributed by atoms with Gasteiger partial charge < -0.3 is 10.4 Å². The summed E-state index contributed by atoms with van der Waals surface area (Å²) in [5, 5.41) is 12.0. The average molecular weight is 335 g/mol. The van der Waals surface area contributed by atoms with E-state index in [1.165, 1.54) is 6.92 Å². The third-order valence-electron chi connectivity index (χ3n) is 2.74. The number of anilines is 1. The molecule has 1 aromatic carbocycles. The molecule has 98 valence electrons.